The van der Waals surface area contributed by atoms with Crippen molar-refractivity contribution in [3.05, 3.63) is 0 Å². The van der Waals surface area contributed by atoms with E-state index < -0.39 is 19.2 Å². The van der Waals surface area contributed by atoms with Crippen LogP contribution in [-0.4, -0.2) is 69.3 Å². The summed E-state index contributed by atoms with van der Waals surface area (Å²) < 4.78 is 9.27. The molecule has 0 aromatic rings. The van der Waals surface area contributed by atoms with Crippen LogP contribution in [0.25, 0.3) is 0 Å². The minimum atomic E-state index is -2.58. The second kappa shape index (κ2) is 7.46. The van der Waals surface area contributed by atoms with Gasteiger partial charge in [-0.3, -0.25) is 0 Å². The van der Waals surface area contributed by atoms with Gasteiger partial charge in [-0.25, -0.2) is 0 Å². The SMILES string of the molecule is CC[N](C)[Sn]([CH]1CCCC1)([N](C)CC)[N](C)CC. The van der Waals surface area contributed by atoms with Crippen molar-refractivity contribution in [3.63, 3.8) is 0 Å². The van der Waals surface area contributed by atoms with Crippen LogP contribution in [0, 0.1) is 0 Å². The van der Waals surface area contributed by atoms with Gasteiger partial charge in [-0.05, 0) is 0 Å². The third-order valence-electron chi connectivity index (χ3n) is 5.01. The van der Waals surface area contributed by atoms with E-state index in [-0.39, 0.29) is 0 Å². The van der Waals surface area contributed by atoms with E-state index in [0.29, 0.717) is 0 Å². The number of nitrogens with zero attached hydrogens (tertiary/aromatic N) is 3. The summed E-state index contributed by atoms with van der Waals surface area (Å²) in [5.41, 5.74) is 0. The van der Waals surface area contributed by atoms with Gasteiger partial charge >= 0.3 is 120 Å². The van der Waals surface area contributed by atoms with E-state index in [1.807, 2.05) is 0 Å². The van der Waals surface area contributed by atoms with Crippen molar-refractivity contribution in [1.82, 2.24) is 9.36 Å². The summed E-state index contributed by atoms with van der Waals surface area (Å²) >= 11 is -2.58. The first-order chi connectivity index (χ1) is 8.55. The molecule has 0 radical (unpaired) electrons. The Morgan fingerprint density at radius 1 is 0.778 bits per heavy atom. The molecule has 0 saturated heterocycles. The molecule has 0 N–H and O–H groups in total. The number of hydrogen-bond donors (Lipinski definition) is 0. The van der Waals surface area contributed by atoms with Gasteiger partial charge in [0.1, 0.15) is 0 Å². The van der Waals surface area contributed by atoms with E-state index in [4.69, 9.17) is 0 Å². The molecular weight excluding hydrogens is 329 g/mol. The molecule has 108 valence electrons. The first-order valence-corrected chi connectivity index (χ1v) is 13.2. The third kappa shape index (κ3) is 2.89. The van der Waals surface area contributed by atoms with E-state index >= 15 is 0 Å². The average molecular weight is 362 g/mol. The summed E-state index contributed by atoms with van der Waals surface area (Å²) in [7, 11) is 7.14. The van der Waals surface area contributed by atoms with Crippen molar-refractivity contribution in [3.8, 4) is 0 Å². The fraction of sp³-hybridized carbons (Fsp3) is 1.00. The van der Waals surface area contributed by atoms with Crippen LogP contribution < -0.4 is 0 Å². The van der Waals surface area contributed by atoms with Gasteiger partial charge in [-0.15, -0.1) is 0 Å². The van der Waals surface area contributed by atoms with Crippen LogP contribution in [0.5, 0.6) is 0 Å². The average Bonchev–Trinajstić information content (AvgIpc) is 2.92. The van der Waals surface area contributed by atoms with E-state index in [1.165, 1.54) is 45.3 Å². The second-order valence-electron chi connectivity index (χ2n) is 5.71. The second-order valence-corrected chi connectivity index (χ2v) is 18.5. The standard InChI is InChI=1S/C5H9.3C3H8N.Sn/c1-2-4-5-3-1;3*1-3-4-2;/h1H,2-5H2;3*3H2,1-2H3;/q;3*-1;+3. The summed E-state index contributed by atoms with van der Waals surface area (Å²) in [5, 5.41) is 0. The van der Waals surface area contributed by atoms with Crippen LogP contribution in [0.3, 0.4) is 0 Å². The maximum absolute atomic E-state index is 2.76. The molecule has 0 amide bonds. The Bertz CT molecular complexity index is 215. The number of hydrogen-bond acceptors (Lipinski definition) is 3. The predicted molar refractivity (Wildman–Crippen MR) is 82.9 cm³/mol. The molecule has 0 aromatic heterocycles. The van der Waals surface area contributed by atoms with Crippen LogP contribution in [0.1, 0.15) is 46.5 Å². The molecule has 0 aromatic carbocycles. The first kappa shape index (κ1) is 16.7. The summed E-state index contributed by atoms with van der Waals surface area (Å²) in [6, 6.07) is 0. The topological polar surface area (TPSA) is 9.72 Å². The van der Waals surface area contributed by atoms with Gasteiger partial charge in [-0.1, -0.05) is 0 Å². The molecule has 18 heavy (non-hydrogen) atoms. The van der Waals surface area contributed by atoms with Crippen molar-refractivity contribution < 1.29 is 0 Å². The van der Waals surface area contributed by atoms with Gasteiger partial charge < -0.3 is 0 Å². The van der Waals surface area contributed by atoms with Crippen LogP contribution in [-0.2, 0) is 0 Å². The molecule has 1 aliphatic rings. The summed E-state index contributed by atoms with van der Waals surface area (Å²) in [6.07, 6.45) is 5.84. The fourth-order valence-electron chi connectivity index (χ4n) is 3.82. The molecule has 0 spiro atoms. The van der Waals surface area contributed by atoms with Crippen molar-refractivity contribution in [2.24, 2.45) is 0 Å². The van der Waals surface area contributed by atoms with E-state index in [2.05, 4.69) is 51.3 Å². The zero-order valence-corrected chi connectivity index (χ0v) is 16.2. The Balaban J connectivity index is 3.14. The van der Waals surface area contributed by atoms with Gasteiger partial charge in [0.15, 0.2) is 0 Å². The molecule has 0 atom stereocenters. The van der Waals surface area contributed by atoms with Crippen molar-refractivity contribution >= 4 is 19.2 Å². The predicted octanol–water partition coefficient (Wildman–Crippen LogP) is 2.72. The van der Waals surface area contributed by atoms with Crippen LogP contribution >= 0.6 is 0 Å². The molecule has 4 heteroatoms. The van der Waals surface area contributed by atoms with E-state index in [9.17, 15) is 0 Å². The monoisotopic (exact) mass is 363 g/mol. The zero-order chi connectivity index (χ0) is 13.8. The summed E-state index contributed by atoms with van der Waals surface area (Å²) in [6.45, 7) is 10.6. The molecule has 1 aliphatic carbocycles. The molecule has 1 rings (SSSR count). The number of rotatable bonds is 7. The first-order valence-electron chi connectivity index (χ1n) is 7.69. The van der Waals surface area contributed by atoms with Gasteiger partial charge in [0.2, 0.25) is 0 Å². The molecule has 0 bridgehead atoms. The van der Waals surface area contributed by atoms with Gasteiger partial charge in [0, 0.05) is 0 Å². The van der Waals surface area contributed by atoms with Crippen molar-refractivity contribution in [2.75, 3.05) is 40.8 Å². The Morgan fingerprint density at radius 3 is 1.39 bits per heavy atom. The van der Waals surface area contributed by atoms with Crippen LogP contribution in [0.2, 0.25) is 3.93 Å². The van der Waals surface area contributed by atoms with E-state index in [1.54, 1.807) is 0 Å². The van der Waals surface area contributed by atoms with Gasteiger partial charge in [0.05, 0.1) is 0 Å². The zero-order valence-electron chi connectivity index (χ0n) is 13.4. The Morgan fingerprint density at radius 2 is 1.11 bits per heavy atom. The Labute approximate surface area is 119 Å². The van der Waals surface area contributed by atoms with Crippen molar-refractivity contribution in [1.29, 1.82) is 0 Å². The minimum absolute atomic E-state index is 0.985. The molecule has 1 fully saturated rings. The summed E-state index contributed by atoms with van der Waals surface area (Å²) in [4.78, 5) is 0. The normalized spacial score (nSPS) is 18.5. The summed E-state index contributed by atoms with van der Waals surface area (Å²) in [5.74, 6) is 0. The van der Waals surface area contributed by atoms with Gasteiger partial charge in [0.25, 0.3) is 0 Å². The molecular formula is C14H33N3Sn. The molecule has 0 aliphatic heterocycles. The maximum atomic E-state index is 2.76. The van der Waals surface area contributed by atoms with Crippen molar-refractivity contribution in [2.45, 2.75) is 50.4 Å². The fourth-order valence-corrected chi connectivity index (χ4v) is 21.5. The van der Waals surface area contributed by atoms with E-state index in [0.717, 1.165) is 3.93 Å². The van der Waals surface area contributed by atoms with Gasteiger partial charge in [-0.2, -0.15) is 0 Å². The Kier molecular flexibility index (Phi) is 6.93. The molecule has 1 saturated carbocycles. The van der Waals surface area contributed by atoms with Crippen LogP contribution in [0.4, 0.5) is 0 Å². The van der Waals surface area contributed by atoms with Crippen LogP contribution in [0.15, 0.2) is 0 Å². The molecule has 0 unspecified atom stereocenters. The molecule has 3 nitrogen and oxygen atoms in total. The molecule has 0 heterocycles. The third-order valence-corrected chi connectivity index (χ3v) is 22.1. The quantitative estimate of drug-likeness (QED) is 0.645. The Hall–Kier alpha value is 0.679.